The van der Waals surface area contributed by atoms with Crippen LogP contribution in [0.3, 0.4) is 0 Å². The van der Waals surface area contributed by atoms with Gasteiger partial charge in [-0.2, -0.15) is 4.99 Å². The van der Waals surface area contributed by atoms with Crippen molar-refractivity contribution in [2.24, 2.45) is 4.99 Å². The van der Waals surface area contributed by atoms with Gasteiger partial charge in [0.05, 0.1) is 11.8 Å². The van der Waals surface area contributed by atoms with Gasteiger partial charge in [0.25, 0.3) is 0 Å². The third-order valence-electron chi connectivity index (χ3n) is 3.95. The van der Waals surface area contributed by atoms with E-state index in [0.717, 1.165) is 24.2 Å². The van der Waals surface area contributed by atoms with Gasteiger partial charge in [0.15, 0.2) is 0 Å². The van der Waals surface area contributed by atoms with Crippen LogP contribution in [0.1, 0.15) is 32.8 Å². The molecule has 0 radical (unpaired) electrons. The Bertz CT molecular complexity index is 794. The Labute approximate surface area is 147 Å². The molecule has 1 heterocycles. The first-order valence-corrected chi connectivity index (χ1v) is 8.33. The van der Waals surface area contributed by atoms with Crippen LogP contribution in [0.5, 0.6) is 17.2 Å². The van der Waals surface area contributed by atoms with Crippen LogP contribution in [0.25, 0.3) is 0 Å². The van der Waals surface area contributed by atoms with Crippen LogP contribution in [0.2, 0.25) is 0 Å². The number of rotatable bonds is 5. The van der Waals surface area contributed by atoms with Crippen LogP contribution in [-0.2, 0) is 16.0 Å². The summed E-state index contributed by atoms with van der Waals surface area (Å²) in [6.45, 7) is 5.97. The summed E-state index contributed by atoms with van der Waals surface area (Å²) in [5.74, 6) is 1.50. The normalized spacial score (nSPS) is 18.9. The SMILES string of the molecule is CC(C)OC1(C)CCc2ccc(Oc3ccc(N=C=O)cc3)cc2O1. The highest BCUT2D eigenvalue weighted by molar-refractivity contribution is 5.51. The second-order valence-electron chi connectivity index (χ2n) is 6.47. The first-order valence-electron chi connectivity index (χ1n) is 8.33. The highest BCUT2D eigenvalue weighted by Crippen LogP contribution is 2.37. The van der Waals surface area contributed by atoms with Gasteiger partial charge in [-0.1, -0.05) is 6.07 Å². The van der Waals surface area contributed by atoms with Crippen molar-refractivity contribution in [2.75, 3.05) is 0 Å². The van der Waals surface area contributed by atoms with Gasteiger partial charge in [0.1, 0.15) is 17.2 Å². The molecule has 3 rings (SSSR count). The predicted molar refractivity (Wildman–Crippen MR) is 94.3 cm³/mol. The molecule has 0 N–H and O–H groups in total. The maximum absolute atomic E-state index is 10.3. The minimum atomic E-state index is -0.617. The molecular formula is C20H21NO4. The number of hydrogen-bond donors (Lipinski definition) is 0. The van der Waals surface area contributed by atoms with Crippen LogP contribution in [0.4, 0.5) is 5.69 Å². The summed E-state index contributed by atoms with van der Waals surface area (Å²) in [5, 5.41) is 0. The Hall–Kier alpha value is -2.62. The number of hydrogen-bond acceptors (Lipinski definition) is 5. The van der Waals surface area contributed by atoms with Crippen molar-refractivity contribution in [1.29, 1.82) is 0 Å². The van der Waals surface area contributed by atoms with Crippen LogP contribution in [0, 0.1) is 0 Å². The van der Waals surface area contributed by atoms with E-state index in [-0.39, 0.29) is 6.10 Å². The summed E-state index contributed by atoms with van der Waals surface area (Å²) >= 11 is 0. The zero-order chi connectivity index (χ0) is 17.9. The maximum atomic E-state index is 10.3. The summed E-state index contributed by atoms with van der Waals surface area (Å²) in [6, 6.07) is 12.7. The minimum absolute atomic E-state index is 0.0959. The maximum Gasteiger partial charge on any atom is 0.240 e. The minimum Gasteiger partial charge on any atom is -0.462 e. The zero-order valence-electron chi connectivity index (χ0n) is 14.6. The van der Waals surface area contributed by atoms with E-state index in [1.165, 1.54) is 6.08 Å². The lowest BCUT2D eigenvalue weighted by atomic mass is 10.0. The number of fused-ring (bicyclic) bond motifs is 1. The van der Waals surface area contributed by atoms with Crippen LogP contribution < -0.4 is 9.47 Å². The second-order valence-corrected chi connectivity index (χ2v) is 6.47. The Morgan fingerprint density at radius 3 is 2.56 bits per heavy atom. The largest absolute Gasteiger partial charge is 0.462 e. The van der Waals surface area contributed by atoms with Crippen molar-refractivity contribution in [3.8, 4) is 17.2 Å². The Morgan fingerprint density at radius 2 is 1.88 bits per heavy atom. The van der Waals surface area contributed by atoms with E-state index < -0.39 is 5.79 Å². The van der Waals surface area contributed by atoms with Gasteiger partial charge >= 0.3 is 0 Å². The summed E-state index contributed by atoms with van der Waals surface area (Å²) in [6.07, 6.45) is 3.33. The number of nitrogens with zero attached hydrogens (tertiary/aromatic N) is 1. The average Bonchev–Trinajstić information content (AvgIpc) is 2.55. The number of benzene rings is 2. The topological polar surface area (TPSA) is 57.1 Å². The average molecular weight is 339 g/mol. The van der Waals surface area contributed by atoms with E-state index in [1.807, 2.05) is 39.0 Å². The van der Waals surface area contributed by atoms with E-state index in [9.17, 15) is 4.79 Å². The molecule has 2 aromatic rings. The molecule has 5 heteroatoms. The Balaban J connectivity index is 1.76. The summed E-state index contributed by atoms with van der Waals surface area (Å²) in [5.41, 5.74) is 1.69. The smallest absolute Gasteiger partial charge is 0.240 e. The van der Waals surface area contributed by atoms with Crippen molar-refractivity contribution >= 4 is 11.8 Å². The first-order chi connectivity index (χ1) is 12.0. The van der Waals surface area contributed by atoms with E-state index in [2.05, 4.69) is 4.99 Å². The molecular weight excluding hydrogens is 318 g/mol. The molecule has 0 saturated heterocycles. The van der Waals surface area contributed by atoms with Gasteiger partial charge in [-0.3, -0.25) is 0 Å². The fraction of sp³-hybridized carbons (Fsp3) is 0.350. The van der Waals surface area contributed by atoms with Gasteiger partial charge in [0, 0.05) is 19.4 Å². The number of ether oxygens (including phenoxy) is 3. The highest BCUT2D eigenvalue weighted by Gasteiger charge is 2.33. The molecule has 0 bridgehead atoms. The Morgan fingerprint density at radius 1 is 1.16 bits per heavy atom. The fourth-order valence-electron chi connectivity index (χ4n) is 2.90. The molecule has 1 aliphatic rings. The summed E-state index contributed by atoms with van der Waals surface area (Å²) in [7, 11) is 0. The molecule has 0 spiro atoms. The predicted octanol–water partition coefficient (Wildman–Crippen LogP) is 4.91. The van der Waals surface area contributed by atoms with Gasteiger partial charge in [-0.25, -0.2) is 4.79 Å². The molecule has 5 nitrogen and oxygen atoms in total. The van der Waals surface area contributed by atoms with Crippen LogP contribution in [-0.4, -0.2) is 18.0 Å². The number of carbonyl (C=O) groups excluding carboxylic acids is 1. The molecule has 1 atom stereocenters. The van der Waals surface area contributed by atoms with Gasteiger partial charge in [-0.05, 0) is 56.2 Å². The first kappa shape index (κ1) is 17.2. The molecule has 0 fully saturated rings. The molecule has 0 aliphatic carbocycles. The molecule has 25 heavy (non-hydrogen) atoms. The third-order valence-corrected chi connectivity index (χ3v) is 3.95. The molecule has 130 valence electrons. The summed E-state index contributed by atoms with van der Waals surface area (Å²) in [4.78, 5) is 13.8. The van der Waals surface area contributed by atoms with Crippen molar-refractivity contribution in [3.05, 3.63) is 48.0 Å². The zero-order valence-corrected chi connectivity index (χ0v) is 14.6. The molecule has 1 aliphatic heterocycles. The van der Waals surface area contributed by atoms with E-state index in [1.54, 1.807) is 24.3 Å². The van der Waals surface area contributed by atoms with Crippen molar-refractivity contribution in [3.63, 3.8) is 0 Å². The number of aliphatic imine (C=N–C) groups is 1. The number of isocyanates is 1. The van der Waals surface area contributed by atoms with Crippen molar-refractivity contribution in [1.82, 2.24) is 0 Å². The number of aryl methyl sites for hydroxylation is 1. The van der Waals surface area contributed by atoms with Gasteiger partial charge < -0.3 is 14.2 Å². The standard InChI is InChI=1S/C20H21NO4/c1-14(2)24-20(3)11-10-15-4-7-18(12-19(15)25-20)23-17-8-5-16(6-9-17)21-13-22/h4-9,12,14H,10-11H2,1-3H3. The van der Waals surface area contributed by atoms with E-state index in [0.29, 0.717) is 17.2 Å². The Kier molecular flexibility index (Phi) is 4.88. The van der Waals surface area contributed by atoms with Gasteiger partial charge in [-0.15, -0.1) is 0 Å². The lowest BCUT2D eigenvalue weighted by Gasteiger charge is -2.36. The van der Waals surface area contributed by atoms with Crippen LogP contribution in [0.15, 0.2) is 47.5 Å². The van der Waals surface area contributed by atoms with E-state index >= 15 is 0 Å². The molecule has 1 unspecified atom stereocenters. The second kappa shape index (κ2) is 7.09. The third kappa shape index (κ3) is 4.27. The lowest BCUT2D eigenvalue weighted by molar-refractivity contribution is -0.200. The van der Waals surface area contributed by atoms with Crippen LogP contribution >= 0.6 is 0 Å². The molecule has 2 aromatic carbocycles. The summed E-state index contributed by atoms with van der Waals surface area (Å²) < 4.78 is 17.9. The van der Waals surface area contributed by atoms with Crippen molar-refractivity contribution < 1.29 is 19.0 Å². The van der Waals surface area contributed by atoms with Crippen molar-refractivity contribution in [2.45, 2.75) is 45.5 Å². The highest BCUT2D eigenvalue weighted by atomic mass is 16.7. The molecule has 0 saturated carbocycles. The fourth-order valence-corrected chi connectivity index (χ4v) is 2.90. The van der Waals surface area contributed by atoms with Gasteiger partial charge in [0.2, 0.25) is 11.9 Å². The molecule has 0 amide bonds. The monoisotopic (exact) mass is 339 g/mol. The quantitative estimate of drug-likeness (QED) is 0.573. The lowest BCUT2D eigenvalue weighted by Crippen LogP contribution is -2.41. The molecule has 0 aromatic heterocycles. The van der Waals surface area contributed by atoms with E-state index in [4.69, 9.17) is 14.2 Å².